The Morgan fingerprint density at radius 1 is 1.04 bits per heavy atom. The van der Waals surface area contributed by atoms with Gasteiger partial charge in [-0.05, 0) is 35.8 Å². The van der Waals surface area contributed by atoms with Crippen LogP contribution < -0.4 is 4.74 Å². The third kappa shape index (κ3) is 3.37. The van der Waals surface area contributed by atoms with E-state index in [2.05, 4.69) is 12.1 Å². The van der Waals surface area contributed by atoms with E-state index < -0.39 is 5.41 Å². The Morgan fingerprint density at radius 3 is 2.62 bits per heavy atom. The molecule has 0 spiro atoms. The summed E-state index contributed by atoms with van der Waals surface area (Å²) < 4.78 is 5.81. The molecule has 1 aliphatic rings. The minimum Gasteiger partial charge on any atom is -0.492 e. The van der Waals surface area contributed by atoms with Crippen LogP contribution in [0.25, 0.3) is 5.57 Å². The van der Waals surface area contributed by atoms with E-state index in [9.17, 15) is 5.26 Å². The van der Waals surface area contributed by atoms with E-state index >= 15 is 0 Å². The minimum absolute atomic E-state index is 0.249. The second-order valence-electron chi connectivity index (χ2n) is 5.79. The maximum absolute atomic E-state index is 9.72. The van der Waals surface area contributed by atoms with Crippen molar-refractivity contribution < 1.29 is 4.74 Å². The molecule has 0 aromatic heterocycles. The van der Waals surface area contributed by atoms with E-state index in [0.717, 1.165) is 11.1 Å². The summed E-state index contributed by atoms with van der Waals surface area (Å²) in [5.41, 5.74) is 2.08. The van der Waals surface area contributed by atoms with Crippen LogP contribution in [-0.4, -0.2) is 6.61 Å². The van der Waals surface area contributed by atoms with Gasteiger partial charge in [0.15, 0.2) is 0 Å². The molecule has 0 radical (unpaired) electrons. The molecule has 2 aromatic carbocycles. The summed E-state index contributed by atoms with van der Waals surface area (Å²) >= 11 is 0. The van der Waals surface area contributed by atoms with Crippen molar-refractivity contribution in [2.45, 2.75) is 6.42 Å². The number of allylic oxidation sites excluding steroid dienone is 3. The third-order valence-corrected chi connectivity index (χ3v) is 4.05. The van der Waals surface area contributed by atoms with Crippen molar-refractivity contribution in [3.05, 3.63) is 84.0 Å². The maximum atomic E-state index is 9.72. The first kappa shape index (κ1) is 15.6. The zero-order valence-electron chi connectivity index (χ0n) is 13.1. The number of benzene rings is 2. The largest absolute Gasteiger partial charge is 0.492 e. The first-order valence-electron chi connectivity index (χ1n) is 7.73. The lowest BCUT2D eigenvalue weighted by atomic mass is 9.78. The SMILES string of the molecule is N#Cc1cccc(OCC2(C#N)C=CC=C(c3ccccc3)C2)c1. The van der Waals surface area contributed by atoms with Gasteiger partial charge in [-0.3, -0.25) is 0 Å². The lowest BCUT2D eigenvalue weighted by Gasteiger charge is -2.27. The molecule has 0 saturated heterocycles. The smallest absolute Gasteiger partial charge is 0.120 e. The molecule has 0 bridgehead atoms. The first-order valence-corrected chi connectivity index (χ1v) is 7.73. The summed E-state index contributed by atoms with van der Waals surface area (Å²) in [6.45, 7) is 0.249. The van der Waals surface area contributed by atoms with E-state index in [-0.39, 0.29) is 6.61 Å². The van der Waals surface area contributed by atoms with E-state index in [1.54, 1.807) is 24.3 Å². The zero-order valence-corrected chi connectivity index (χ0v) is 13.1. The van der Waals surface area contributed by atoms with Crippen LogP contribution in [0.4, 0.5) is 0 Å². The quantitative estimate of drug-likeness (QED) is 0.835. The molecule has 2 aromatic rings. The number of hydrogen-bond acceptors (Lipinski definition) is 3. The van der Waals surface area contributed by atoms with Gasteiger partial charge in [-0.2, -0.15) is 10.5 Å². The molecule has 116 valence electrons. The van der Waals surface area contributed by atoms with Crippen molar-refractivity contribution in [1.29, 1.82) is 10.5 Å². The predicted octanol–water partition coefficient (Wildman–Crippen LogP) is 4.49. The van der Waals surface area contributed by atoms with Crippen LogP contribution in [0.2, 0.25) is 0 Å². The molecular weight excluding hydrogens is 296 g/mol. The fraction of sp³-hybridized carbons (Fsp3) is 0.143. The number of rotatable bonds is 4. The average molecular weight is 312 g/mol. The molecule has 0 fully saturated rings. The molecule has 3 nitrogen and oxygen atoms in total. The fourth-order valence-electron chi connectivity index (χ4n) is 2.73. The van der Waals surface area contributed by atoms with Gasteiger partial charge in [0.05, 0.1) is 17.7 Å². The highest BCUT2D eigenvalue weighted by Gasteiger charge is 2.31. The second-order valence-corrected chi connectivity index (χ2v) is 5.79. The Kier molecular flexibility index (Phi) is 4.45. The highest BCUT2D eigenvalue weighted by Crippen LogP contribution is 2.36. The van der Waals surface area contributed by atoms with Crippen LogP contribution >= 0.6 is 0 Å². The standard InChI is InChI=1S/C21H16N2O/c22-14-17-6-4-10-20(12-17)24-16-21(15-23)11-5-9-19(13-21)18-7-2-1-3-8-18/h1-12H,13,16H2. The number of nitrogens with zero attached hydrogens (tertiary/aromatic N) is 2. The van der Waals surface area contributed by atoms with Crippen LogP contribution in [-0.2, 0) is 0 Å². The summed E-state index contributed by atoms with van der Waals surface area (Å²) in [6, 6.07) is 21.5. The fourth-order valence-corrected chi connectivity index (χ4v) is 2.73. The van der Waals surface area contributed by atoms with Crippen molar-refractivity contribution in [3.63, 3.8) is 0 Å². The van der Waals surface area contributed by atoms with Crippen LogP contribution in [0.3, 0.4) is 0 Å². The molecule has 0 saturated carbocycles. The van der Waals surface area contributed by atoms with Crippen LogP contribution in [0.1, 0.15) is 17.5 Å². The van der Waals surface area contributed by atoms with Gasteiger partial charge in [-0.25, -0.2) is 0 Å². The molecule has 1 atom stereocenters. The lowest BCUT2D eigenvalue weighted by Crippen LogP contribution is -2.26. The Labute approximate surface area is 141 Å². The van der Waals surface area contributed by atoms with Gasteiger partial charge in [-0.15, -0.1) is 0 Å². The predicted molar refractivity (Wildman–Crippen MR) is 92.9 cm³/mol. The number of nitriles is 2. The van der Waals surface area contributed by atoms with Gasteiger partial charge in [0.2, 0.25) is 0 Å². The van der Waals surface area contributed by atoms with E-state index in [0.29, 0.717) is 17.7 Å². The molecule has 3 heteroatoms. The summed E-state index contributed by atoms with van der Waals surface area (Å²) in [6.07, 6.45) is 6.46. The number of hydrogen-bond donors (Lipinski definition) is 0. The van der Waals surface area contributed by atoms with Crippen molar-refractivity contribution in [2.75, 3.05) is 6.61 Å². The van der Waals surface area contributed by atoms with Gasteiger partial charge >= 0.3 is 0 Å². The minimum atomic E-state index is -0.706. The molecular formula is C21H16N2O. The highest BCUT2D eigenvalue weighted by molar-refractivity contribution is 5.69. The second kappa shape index (κ2) is 6.86. The topological polar surface area (TPSA) is 56.8 Å². The molecule has 0 heterocycles. The van der Waals surface area contributed by atoms with Crippen molar-refractivity contribution in [3.8, 4) is 17.9 Å². The van der Waals surface area contributed by atoms with Crippen LogP contribution in [0.5, 0.6) is 5.75 Å². The molecule has 0 N–H and O–H groups in total. The Hall–Kier alpha value is -3.30. The lowest BCUT2D eigenvalue weighted by molar-refractivity contribution is 0.236. The molecule has 3 rings (SSSR count). The normalized spacial score (nSPS) is 19.0. The monoisotopic (exact) mass is 312 g/mol. The molecule has 0 amide bonds. The number of ether oxygens (including phenoxy) is 1. The highest BCUT2D eigenvalue weighted by atomic mass is 16.5. The Morgan fingerprint density at radius 2 is 1.88 bits per heavy atom. The third-order valence-electron chi connectivity index (χ3n) is 4.05. The maximum Gasteiger partial charge on any atom is 0.120 e. The molecule has 0 aliphatic heterocycles. The van der Waals surface area contributed by atoms with E-state index in [4.69, 9.17) is 10.00 Å². The summed E-state index contributed by atoms with van der Waals surface area (Å²) in [7, 11) is 0. The Balaban J connectivity index is 1.76. The zero-order chi connectivity index (χ0) is 16.8. The van der Waals surface area contributed by atoms with Crippen molar-refractivity contribution in [1.82, 2.24) is 0 Å². The van der Waals surface area contributed by atoms with Crippen molar-refractivity contribution in [2.24, 2.45) is 5.41 Å². The van der Waals surface area contributed by atoms with Gasteiger partial charge in [0, 0.05) is 0 Å². The average Bonchev–Trinajstić information content (AvgIpc) is 2.67. The summed E-state index contributed by atoms with van der Waals surface area (Å²) in [4.78, 5) is 0. The summed E-state index contributed by atoms with van der Waals surface area (Å²) in [5, 5.41) is 18.7. The van der Waals surface area contributed by atoms with Gasteiger partial charge in [0.1, 0.15) is 17.8 Å². The van der Waals surface area contributed by atoms with E-state index in [1.807, 2.05) is 48.6 Å². The van der Waals surface area contributed by atoms with E-state index in [1.165, 1.54) is 0 Å². The van der Waals surface area contributed by atoms with Gasteiger partial charge in [-0.1, -0.05) is 54.6 Å². The van der Waals surface area contributed by atoms with Gasteiger partial charge in [0.25, 0.3) is 0 Å². The van der Waals surface area contributed by atoms with Crippen LogP contribution in [0.15, 0.2) is 72.8 Å². The molecule has 1 aliphatic carbocycles. The van der Waals surface area contributed by atoms with Crippen LogP contribution in [0, 0.1) is 28.1 Å². The first-order chi connectivity index (χ1) is 11.7. The van der Waals surface area contributed by atoms with Crippen molar-refractivity contribution >= 4 is 5.57 Å². The van der Waals surface area contributed by atoms with Gasteiger partial charge < -0.3 is 4.74 Å². The molecule has 24 heavy (non-hydrogen) atoms. The molecule has 1 unspecified atom stereocenters. The Bertz CT molecular complexity index is 869. The summed E-state index contributed by atoms with van der Waals surface area (Å²) in [5.74, 6) is 0.605.